The Kier molecular flexibility index (Phi) is 1.72. The number of hydrogen-bond acceptors (Lipinski definition) is 4. The summed E-state index contributed by atoms with van der Waals surface area (Å²) < 4.78 is 8.20. The first-order chi connectivity index (χ1) is 5.92. The Bertz CT molecular complexity index is 441. The van der Waals surface area contributed by atoms with E-state index < -0.39 is 0 Å². The maximum absolute atomic E-state index is 8.52. The molecule has 0 aliphatic rings. The minimum Gasteiger partial charge on any atom is -0.198 e. The lowest BCUT2D eigenvalue weighted by atomic mass is 10.1. The Morgan fingerprint density at radius 3 is 3.17 bits per heavy atom. The van der Waals surface area contributed by atoms with Crippen molar-refractivity contribution >= 4 is 22.8 Å². The fourth-order valence-corrected chi connectivity index (χ4v) is 1.66. The van der Waals surface area contributed by atoms with Crippen LogP contribution in [-0.2, 0) is 6.42 Å². The lowest BCUT2D eigenvalue weighted by Crippen LogP contribution is -1.82. The molecule has 0 spiro atoms. The molecule has 0 N–H and O–H groups in total. The molecule has 2 aromatic rings. The van der Waals surface area contributed by atoms with Gasteiger partial charge in [-0.1, -0.05) is 12.1 Å². The summed E-state index contributed by atoms with van der Waals surface area (Å²) in [5.74, 6) is 0. The molecule has 3 nitrogen and oxygen atoms in total. The normalized spacial score (nSPS) is 9.92. The lowest BCUT2D eigenvalue weighted by molar-refractivity contribution is 1.28. The summed E-state index contributed by atoms with van der Waals surface area (Å²) in [6.45, 7) is 0. The van der Waals surface area contributed by atoms with Crippen molar-refractivity contribution in [2.24, 2.45) is 0 Å². The van der Waals surface area contributed by atoms with E-state index in [1.165, 1.54) is 11.7 Å². The van der Waals surface area contributed by atoms with Gasteiger partial charge in [-0.05, 0) is 11.6 Å². The molecule has 1 heterocycles. The lowest BCUT2D eigenvalue weighted by Gasteiger charge is -1.92. The van der Waals surface area contributed by atoms with Gasteiger partial charge in [0.1, 0.15) is 11.0 Å². The van der Waals surface area contributed by atoms with Crippen molar-refractivity contribution in [3.05, 3.63) is 23.8 Å². The van der Waals surface area contributed by atoms with Gasteiger partial charge in [-0.3, -0.25) is 0 Å². The summed E-state index contributed by atoms with van der Waals surface area (Å²) in [7, 11) is 0. The molecule has 0 bridgehead atoms. The van der Waals surface area contributed by atoms with Crippen LogP contribution >= 0.6 is 11.7 Å². The molecule has 0 aliphatic carbocycles. The average Bonchev–Trinajstić information content (AvgIpc) is 2.53. The van der Waals surface area contributed by atoms with Crippen LogP contribution in [0.2, 0.25) is 0 Å². The molecule has 0 saturated heterocycles. The second-order valence-corrected chi connectivity index (χ2v) is 2.91. The first kappa shape index (κ1) is 7.19. The minimum atomic E-state index is 0.406. The van der Waals surface area contributed by atoms with Crippen molar-refractivity contribution in [3.63, 3.8) is 0 Å². The Morgan fingerprint density at radius 1 is 1.42 bits per heavy atom. The second-order valence-electron chi connectivity index (χ2n) is 2.38. The van der Waals surface area contributed by atoms with E-state index in [-0.39, 0.29) is 0 Å². The summed E-state index contributed by atoms with van der Waals surface area (Å²) in [6, 6.07) is 7.81. The number of aromatic nitrogens is 2. The molecule has 1 aromatic heterocycles. The zero-order valence-electron chi connectivity index (χ0n) is 6.19. The van der Waals surface area contributed by atoms with Crippen LogP contribution in [0.25, 0.3) is 11.0 Å². The molecule has 1 aromatic carbocycles. The monoisotopic (exact) mass is 175 g/mol. The predicted octanol–water partition coefficient (Wildman–Crippen LogP) is 1.76. The van der Waals surface area contributed by atoms with Crippen molar-refractivity contribution in [1.29, 1.82) is 5.26 Å². The fraction of sp³-hybridized carbons (Fsp3) is 0.125. The zero-order chi connectivity index (χ0) is 8.39. The molecule has 12 heavy (non-hydrogen) atoms. The Balaban J connectivity index is 2.67. The predicted molar refractivity (Wildman–Crippen MR) is 46.7 cm³/mol. The van der Waals surface area contributed by atoms with E-state index in [4.69, 9.17) is 5.26 Å². The number of nitriles is 1. The first-order valence-electron chi connectivity index (χ1n) is 3.49. The van der Waals surface area contributed by atoms with Crippen molar-refractivity contribution in [1.82, 2.24) is 8.75 Å². The molecule has 0 aliphatic heterocycles. The fourth-order valence-electron chi connectivity index (χ4n) is 1.09. The molecule has 2 rings (SSSR count). The summed E-state index contributed by atoms with van der Waals surface area (Å²) >= 11 is 1.18. The quantitative estimate of drug-likeness (QED) is 0.663. The van der Waals surface area contributed by atoms with Gasteiger partial charge in [0.25, 0.3) is 0 Å². The van der Waals surface area contributed by atoms with Crippen molar-refractivity contribution < 1.29 is 0 Å². The zero-order valence-corrected chi connectivity index (χ0v) is 7.01. The molecule has 0 fully saturated rings. The summed E-state index contributed by atoms with van der Waals surface area (Å²) in [5, 5.41) is 8.52. The molecular weight excluding hydrogens is 170 g/mol. The van der Waals surface area contributed by atoms with Crippen LogP contribution in [0, 0.1) is 11.3 Å². The standard InChI is InChI=1S/C8H5N3S/c9-5-4-6-2-1-3-7-8(6)11-12-10-7/h1-3H,4H2. The third kappa shape index (κ3) is 1.04. The number of rotatable bonds is 1. The Morgan fingerprint density at radius 2 is 2.33 bits per heavy atom. The van der Waals surface area contributed by atoms with E-state index in [2.05, 4.69) is 14.8 Å². The SMILES string of the molecule is N#CCc1cccc2nsnc12. The van der Waals surface area contributed by atoms with Crippen LogP contribution in [0.15, 0.2) is 18.2 Å². The van der Waals surface area contributed by atoms with E-state index >= 15 is 0 Å². The van der Waals surface area contributed by atoms with Crippen LogP contribution in [0.1, 0.15) is 5.56 Å². The van der Waals surface area contributed by atoms with Gasteiger partial charge in [-0.15, -0.1) is 0 Å². The Labute approximate surface area is 73.6 Å². The number of fused-ring (bicyclic) bond motifs is 1. The summed E-state index contributed by atoms with van der Waals surface area (Å²) in [4.78, 5) is 0. The van der Waals surface area contributed by atoms with E-state index in [1.54, 1.807) is 0 Å². The van der Waals surface area contributed by atoms with Crippen molar-refractivity contribution in [3.8, 4) is 6.07 Å². The van der Waals surface area contributed by atoms with Crippen LogP contribution in [0.5, 0.6) is 0 Å². The van der Waals surface area contributed by atoms with Gasteiger partial charge >= 0.3 is 0 Å². The third-order valence-corrected chi connectivity index (χ3v) is 2.18. The van der Waals surface area contributed by atoms with E-state index in [0.717, 1.165) is 16.6 Å². The summed E-state index contributed by atoms with van der Waals surface area (Å²) in [5.41, 5.74) is 2.71. The Hall–Kier alpha value is -1.47. The van der Waals surface area contributed by atoms with E-state index in [0.29, 0.717) is 6.42 Å². The molecule has 0 radical (unpaired) electrons. The average molecular weight is 175 g/mol. The van der Waals surface area contributed by atoms with Crippen LogP contribution < -0.4 is 0 Å². The largest absolute Gasteiger partial charge is 0.198 e. The van der Waals surface area contributed by atoms with Gasteiger partial charge in [0.15, 0.2) is 0 Å². The van der Waals surface area contributed by atoms with Crippen LogP contribution in [-0.4, -0.2) is 8.75 Å². The highest BCUT2D eigenvalue weighted by atomic mass is 32.1. The first-order valence-corrected chi connectivity index (χ1v) is 4.22. The maximum atomic E-state index is 8.52. The highest BCUT2D eigenvalue weighted by molar-refractivity contribution is 7.00. The smallest absolute Gasteiger partial charge is 0.109 e. The molecule has 0 amide bonds. The van der Waals surface area contributed by atoms with E-state index in [9.17, 15) is 0 Å². The summed E-state index contributed by atoms with van der Waals surface area (Å²) in [6.07, 6.45) is 0.406. The van der Waals surface area contributed by atoms with Crippen LogP contribution in [0.3, 0.4) is 0 Å². The second kappa shape index (κ2) is 2.88. The molecule has 58 valence electrons. The number of hydrogen-bond donors (Lipinski definition) is 0. The highest BCUT2D eigenvalue weighted by Gasteiger charge is 2.02. The molecular formula is C8H5N3S. The number of nitrogens with zero attached hydrogens (tertiary/aromatic N) is 3. The van der Waals surface area contributed by atoms with Crippen LogP contribution in [0.4, 0.5) is 0 Å². The minimum absolute atomic E-state index is 0.406. The maximum Gasteiger partial charge on any atom is 0.109 e. The van der Waals surface area contributed by atoms with Crippen molar-refractivity contribution in [2.45, 2.75) is 6.42 Å². The topological polar surface area (TPSA) is 49.6 Å². The van der Waals surface area contributed by atoms with Gasteiger partial charge < -0.3 is 0 Å². The van der Waals surface area contributed by atoms with Gasteiger partial charge in [-0.2, -0.15) is 14.0 Å². The van der Waals surface area contributed by atoms with E-state index in [1.807, 2.05) is 18.2 Å². The van der Waals surface area contributed by atoms with Gasteiger partial charge in [-0.25, -0.2) is 0 Å². The highest BCUT2D eigenvalue weighted by Crippen LogP contribution is 2.16. The number of benzene rings is 1. The van der Waals surface area contributed by atoms with Gasteiger partial charge in [0.2, 0.25) is 0 Å². The molecule has 4 heteroatoms. The molecule has 0 atom stereocenters. The van der Waals surface area contributed by atoms with Crippen molar-refractivity contribution in [2.75, 3.05) is 0 Å². The van der Waals surface area contributed by atoms with Gasteiger partial charge in [0.05, 0.1) is 24.2 Å². The molecule has 0 saturated carbocycles. The third-order valence-electron chi connectivity index (χ3n) is 1.64. The van der Waals surface area contributed by atoms with Gasteiger partial charge in [0, 0.05) is 0 Å². The molecule has 0 unspecified atom stereocenters.